The summed E-state index contributed by atoms with van der Waals surface area (Å²) in [6.07, 6.45) is 1.67. The van der Waals surface area contributed by atoms with Gasteiger partial charge in [-0.15, -0.1) is 0 Å². The number of methoxy groups -OCH3 is 1. The molecule has 1 aromatic carbocycles. The Balaban J connectivity index is 1.58. The van der Waals surface area contributed by atoms with E-state index in [2.05, 4.69) is 20.2 Å². The maximum absolute atomic E-state index is 13.0. The fraction of sp³-hybridized carbons (Fsp3) is 0.409. The first kappa shape index (κ1) is 21.3. The van der Waals surface area contributed by atoms with Crippen molar-refractivity contribution in [2.75, 3.05) is 43.6 Å². The minimum Gasteiger partial charge on any atom is -0.493 e. The van der Waals surface area contributed by atoms with E-state index in [1.54, 1.807) is 27.2 Å². The van der Waals surface area contributed by atoms with Crippen molar-refractivity contribution in [1.82, 2.24) is 9.97 Å². The quantitative estimate of drug-likeness (QED) is 0.624. The monoisotopic (exact) mass is 442 g/mol. The van der Waals surface area contributed by atoms with Gasteiger partial charge in [0.1, 0.15) is 21.8 Å². The van der Waals surface area contributed by atoms with Crippen LogP contribution in [0.5, 0.6) is 11.5 Å². The lowest BCUT2D eigenvalue weighted by molar-refractivity contribution is -0.128. The predicted octanol–water partition coefficient (Wildman–Crippen LogP) is 3.64. The second-order valence-electron chi connectivity index (χ2n) is 7.83. The summed E-state index contributed by atoms with van der Waals surface area (Å²) in [6, 6.07) is 7.60. The molecule has 1 aliphatic rings. The molecule has 1 fully saturated rings. The van der Waals surface area contributed by atoms with Crippen molar-refractivity contribution >= 4 is 38.4 Å². The van der Waals surface area contributed by atoms with Crippen LogP contribution in [0.4, 0.5) is 10.9 Å². The molecule has 8 nitrogen and oxygen atoms in total. The molecule has 0 radical (unpaired) electrons. The summed E-state index contributed by atoms with van der Waals surface area (Å²) in [7, 11) is 1.58. The number of anilines is 2. The molecule has 1 N–H and O–H groups in total. The molecular formula is C22H26N4O4S. The molecule has 4 rings (SSSR count). The fourth-order valence-electron chi connectivity index (χ4n) is 3.28. The van der Waals surface area contributed by atoms with Gasteiger partial charge in [-0.1, -0.05) is 29.0 Å². The van der Waals surface area contributed by atoms with E-state index in [9.17, 15) is 4.79 Å². The highest BCUT2D eigenvalue weighted by atomic mass is 32.1. The van der Waals surface area contributed by atoms with Crippen molar-refractivity contribution in [2.24, 2.45) is 0 Å². The van der Waals surface area contributed by atoms with Gasteiger partial charge in [0, 0.05) is 13.1 Å². The summed E-state index contributed by atoms with van der Waals surface area (Å²) in [5, 5.41) is 3.38. The number of amides is 1. The molecule has 0 atom stereocenters. The zero-order valence-corrected chi connectivity index (χ0v) is 18.9. The van der Waals surface area contributed by atoms with Crippen LogP contribution in [0.3, 0.4) is 0 Å². The van der Waals surface area contributed by atoms with E-state index >= 15 is 0 Å². The number of hydrogen-bond donors (Lipinski definition) is 1. The van der Waals surface area contributed by atoms with Gasteiger partial charge in [0.15, 0.2) is 16.5 Å². The topological polar surface area (TPSA) is 85.8 Å². The number of rotatable bonds is 6. The van der Waals surface area contributed by atoms with Crippen LogP contribution >= 0.6 is 11.3 Å². The second-order valence-corrected chi connectivity index (χ2v) is 8.82. The number of thiazole rings is 1. The van der Waals surface area contributed by atoms with E-state index in [4.69, 9.17) is 14.2 Å². The summed E-state index contributed by atoms with van der Waals surface area (Å²) in [5.74, 6) is 1.74. The molecule has 3 aromatic rings. The molecule has 0 unspecified atom stereocenters. The van der Waals surface area contributed by atoms with Crippen molar-refractivity contribution in [3.05, 3.63) is 36.0 Å². The number of aryl methyl sites for hydroxylation is 1. The summed E-state index contributed by atoms with van der Waals surface area (Å²) >= 11 is 1.38. The number of nitrogens with zero attached hydrogens (tertiary/aromatic N) is 3. The Hall–Kier alpha value is -2.91. The third-order valence-corrected chi connectivity index (χ3v) is 6.03. The van der Waals surface area contributed by atoms with E-state index in [1.807, 2.05) is 31.2 Å². The number of pyridine rings is 1. The fourth-order valence-corrected chi connectivity index (χ4v) is 4.27. The summed E-state index contributed by atoms with van der Waals surface area (Å²) in [6.45, 7) is 8.29. The second kappa shape index (κ2) is 8.68. The van der Waals surface area contributed by atoms with E-state index in [0.29, 0.717) is 35.4 Å². The predicted molar refractivity (Wildman–Crippen MR) is 122 cm³/mol. The van der Waals surface area contributed by atoms with E-state index in [-0.39, 0.29) is 5.91 Å². The molecule has 0 saturated carbocycles. The van der Waals surface area contributed by atoms with Gasteiger partial charge in [0.2, 0.25) is 0 Å². The number of morpholine rings is 1. The normalized spacial score (nSPS) is 14.5. The number of carbonyl (C=O) groups excluding carboxylic acids is 1. The Bertz CT molecular complexity index is 1080. The lowest BCUT2D eigenvalue weighted by Gasteiger charge is -2.28. The lowest BCUT2D eigenvalue weighted by atomic mass is 10.1. The Kier molecular flexibility index (Phi) is 5.97. The van der Waals surface area contributed by atoms with Crippen LogP contribution in [0.25, 0.3) is 10.2 Å². The zero-order valence-electron chi connectivity index (χ0n) is 18.1. The van der Waals surface area contributed by atoms with Gasteiger partial charge in [0.05, 0.1) is 26.5 Å². The number of aromatic nitrogens is 2. The number of benzene rings is 1. The van der Waals surface area contributed by atoms with Crippen LogP contribution in [0.1, 0.15) is 19.4 Å². The first-order chi connectivity index (χ1) is 14.9. The maximum Gasteiger partial charge on any atom is 0.269 e. The molecular weight excluding hydrogens is 416 g/mol. The Morgan fingerprint density at radius 3 is 2.61 bits per heavy atom. The van der Waals surface area contributed by atoms with Crippen LogP contribution in [-0.4, -0.2) is 54.9 Å². The van der Waals surface area contributed by atoms with Crippen molar-refractivity contribution in [2.45, 2.75) is 26.4 Å². The third kappa shape index (κ3) is 4.57. The van der Waals surface area contributed by atoms with Gasteiger partial charge in [-0.25, -0.2) is 9.97 Å². The highest BCUT2D eigenvalue weighted by molar-refractivity contribution is 7.23. The lowest BCUT2D eigenvalue weighted by Crippen LogP contribution is -2.42. The van der Waals surface area contributed by atoms with Gasteiger partial charge in [-0.3, -0.25) is 10.1 Å². The SMILES string of the molecule is COc1cnc(N2CCOCC2)c2sc(NC(=O)C(C)(C)Oc3ccc(C)cc3)nc12. The molecule has 0 spiro atoms. The van der Waals surface area contributed by atoms with Crippen LogP contribution in [0.15, 0.2) is 30.5 Å². The molecule has 164 valence electrons. The van der Waals surface area contributed by atoms with Gasteiger partial charge >= 0.3 is 0 Å². The number of hydrogen-bond acceptors (Lipinski definition) is 8. The minimum absolute atomic E-state index is 0.285. The smallest absolute Gasteiger partial charge is 0.269 e. The summed E-state index contributed by atoms with van der Waals surface area (Å²) in [4.78, 5) is 24.3. The number of nitrogens with one attached hydrogen (secondary N) is 1. The standard InChI is InChI=1S/C22H26N4O4S/c1-14-5-7-15(8-6-14)30-22(2,3)20(27)25-21-24-17-16(28-4)13-23-19(18(17)31-21)26-9-11-29-12-10-26/h5-8,13H,9-12H2,1-4H3,(H,24,25,27). The van der Waals surface area contributed by atoms with Gasteiger partial charge < -0.3 is 19.1 Å². The molecule has 0 aliphatic carbocycles. The van der Waals surface area contributed by atoms with Crippen molar-refractivity contribution in [3.63, 3.8) is 0 Å². The highest BCUT2D eigenvalue weighted by Gasteiger charge is 2.31. The van der Waals surface area contributed by atoms with Gasteiger partial charge in [-0.2, -0.15) is 0 Å². The molecule has 31 heavy (non-hydrogen) atoms. The first-order valence-corrected chi connectivity index (χ1v) is 10.9. The summed E-state index contributed by atoms with van der Waals surface area (Å²) < 4.78 is 17.7. The molecule has 1 aliphatic heterocycles. The van der Waals surface area contributed by atoms with E-state index < -0.39 is 5.60 Å². The van der Waals surface area contributed by atoms with E-state index in [0.717, 1.165) is 29.2 Å². The average Bonchev–Trinajstić information content (AvgIpc) is 3.18. The number of ether oxygens (including phenoxy) is 3. The average molecular weight is 443 g/mol. The van der Waals surface area contributed by atoms with Crippen LogP contribution in [0.2, 0.25) is 0 Å². The molecule has 2 aromatic heterocycles. The third-order valence-electron chi connectivity index (χ3n) is 5.06. The maximum atomic E-state index is 13.0. The van der Waals surface area contributed by atoms with Crippen LogP contribution in [0, 0.1) is 6.92 Å². The zero-order chi connectivity index (χ0) is 22.0. The largest absolute Gasteiger partial charge is 0.493 e. The summed E-state index contributed by atoms with van der Waals surface area (Å²) in [5.41, 5.74) is 0.724. The first-order valence-electron chi connectivity index (χ1n) is 10.1. The molecule has 9 heteroatoms. The van der Waals surface area contributed by atoms with Crippen molar-refractivity contribution in [1.29, 1.82) is 0 Å². The van der Waals surface area contributed by atoms with Gasteiger partial charge in [-0.05, 0) is 32.9 Å². The molecule has 1 amide bonds. The van der Waals surface area contributed by atoms with Gasteiger partial charge in [0.25, 0.3) is 5.91 Å². The Morgan fingerprint density at radius 1 is 1.23 bits per heavy atom. The Morgan fingerprint density at radius 2 is 1.94 bits per heavy atom. The number of fused-ring (bicyclic) bond motifs is 1. The van der Waals surface area contributed by atoms with Crippen molar-refractivity contribution < 1.29 is 19.0 Å². The van der Waals surface area contributed by atoms with Crippen LogP contribution < -0.4 is 19.7 Å². The number of carbonyl (C=O) groups is 1. The van der Waals surface area contributed by atoms with Crippen LogP contribution in [-0.2, 0) is 9.53 Å². The Labute approximate surface area is 185 Å². The molecule has 1 saturated heterocycles. The van der Waals surface area contributed by atoms with E-state index in [1.165, 1.54) is 11.3 Å². The van der Waals surface area contributed by atoms with Crippen molar-refractivity contribution in [3.8, 4) is 11.5 Å². The minimum atomic E-state index is -1.08. The highest BCUT2D eigenvalue weighted by Crippen LogP contribution is 2.38. The molecule has 3 heterocycles. The molecule has 0 bridgehead atoms.